The van der Waals surface area contributed by atoms with Gasteiger partial charge in [-0.25, -0.2) is 4.79 Å². The number of imide groups is 1. The van der Waals surface area contributed by atoms with Gasteiger partial charge in [0.05, 0.1) is 17.6 Å². The summed E-state index contributed by atoms with van der Waals surface area (Å²) in [6.45, 7) is 2.37. The van der Waals surface area contributed by atoms with E-state index in [-0.39, 0.29) is 24.3 Å². The minimum absolute atomic E-state index is 0.0910. The van der Waals surface area contributed by atoms with Crippen LogP contribution in [0.2, 0.25) is 0 Å². The standard InChI is InChI=1S/C17H23N5O3/c1-11-5-2-3-7-17(11)15(24)22(16(25)19-17)10-14(23)21-8-4-6-12-13(21)9-18-20-12/h9,11H,2-8,10H2,1H3,(H,18,20)(H,19,25)/t11-,17+/m0/s1. The fourth-order valence-corrected chi connectivity index (χ4v) is 4.38. The molecular weight excluding hydrogens is 322 g/mol. The first-order valence-corrected chi connectivity index (χ1v) is 8.99. The van der Waals surface area contributed by atoms with Crippen LogP contribution in [-0.2, 0) is 16.0 Å². The maximum absolute atomic E-state index is 13.0. The molecule has 1 saturated heterocycles. The van der Waals surface area contributed by atoms with Gasteiger partial charge in [-0.3, -0.25) is 19.6 Å². The number of hydrogen-bond acceptors (Lipinski definition) is 4. The van der Waals surface area contributed by atoms with Crippen molar-refractivity contribution in [2.24, 2.45) is 5.92 Å². The molecule has 3 heterocycles. The molecule has 2 N–H and O–H groups in total. The second-order valence-electron chi connectivity index (χ2n) is 7.32. The summed E-state index contributed by atoms with van der Waals surface area (Å²) in [5, 5.41) is 9.79. The zero-order chi connectivity index (χ0) is 17.6. The molecule has 2 aliphatic heterocycles. The highest BCUT2D eigenvalue weighted by atomic mass is 16.2. The molecule has 134 valence electrons. The lowest BCUT2D eigenvalue weighted by atomic mass is 9.73. The number of aromatic nitrogens is 2. The number of nitrogens with zero attached hydrogens (tertiary/aromatic N) is 3. The van der Waals surface area contributed by atoms with Crippen LogP contribution >= 0.6 is 0 Å². The van der Waals surface area contributed by atoms with E-state index in [0.717, 1.165) is 48.4 Å². The van der Waals surface area contributed by atoms with Crippen LogP contribution in [0.5, 0.6) is 0 Å². The molecule has 1 spiro atoms. The Bertz CT molecular complexity index is 730. The van der Waals surface area contributed by atoms with Gasteiger partial charge in [0.25, 0.3) is 5.91 Å². The van der Waals surface area contributed by atoms with Crippen molar-refractivity contribution in [1.82, 2.24) is 20.4 Å². The Balaban J connectivity index is 1.53. The van der Waals surface area contributed by atoms with Gasteiger partial charge in [0, 0.05) is 6.54 Å². The molecule has 8 nitrogen and oxygen atoms in total. The van der Waals surface area contributed by atoms with Crippen molar-refractivity contribution in [1.29, 1.82) is 0 Å². The van der Waals surface area contributed by atoms with Crippen molar-refractivity contribution in [3.63, 3.8) is 0 Å². The van der Waals surface area contributed by atoms with E-state index in [9.17, 15) is 14.4 Å². The highest BCUT2D eigenvalue weighted by molar-refractivity contribution is 6.10. The summed E-state index contributed by atoms with van der Waals surface area (Å²) >= 11 is 0. The number of aryl methyl sites for hydroxylation is 1. The van der Waals surface area contributed by atoms with Crippen LogP contribution in [0.25, 0.3) is 0 Å². The van der Waals surface area contributed by atoms with Crippen LogP contribution in [-0.4, -0.2) is 51.6 Å². The SMILES string of the molecule is C[C@H]1CCCC[C@@]12NC(=O)N(CC(=O)N1CCCc3[nH]ncc31)C2=O. The predicted octanol–water partition coefficient (Wildman–Crippen LogP) is 1.19. The highest BCUT2D eigenvalue weighted by Gasteiger charge is 2.55. The van der Waals surface area contributed by atoms with E-state index in [2.05, 4.69) is 15.5 Å². The molecule has 0 aromatic carbocycles. The van der Waals surface area contributed by atoms with Crippen molar-refractivity contribution in [2.45, 2.75) is 51.0 Å². The molecule has 0 bridgehead atoms. The van der Waals surface area contributed by atoms with E-state index in [1.807, 2.05) is 6.92 Å². The van der Waals surface area contributed by atoms with Gasteiger partial charge in [-0.1, -0.05) is 19.8 Å². The summed E-state index contributed by atoms with van der Waals surface area (Å²) in [5.41, 5.74) is 0.858. The van der Waals surface area contributed by atoms with E-state index >= 15 is 0 Å². The van der Waals surface area contributed by atoms with Crippen LogP contribution in [0.15, 0.2) is 6.20 Å². The quantitative estimate of drug-likeness (QED) is 0.787. The van der Waals surface area contributed by atoms with E-state index in [4.69, 9.17) is 0 Å². The number of anilines is 1. The number of carbonyl (C=O) groups is 3. The zero-order valence-corrected chi connectivity index (χ0v) is 14.4. The maximum atomic E-state index is 13.0. The second-order valence-corrected chi connectivity index (χ2v) is 7.32. The average Bonchev–Trinajstić information content (AvgIpc) is 3.17. The fourth-order valence-electron chi connectivity index (χ4n) is 4.38. The number of H-pyrrole nitrogens is 1. The summed E-state index contributed by atoms with van der Waals surface area (Å²) in [7, 11) is 0. The number of hydrogen-bond donors (Lipinski definition) is 2. The molecule has 1 aromatic heterocycles. The molecule has 0 unspecified atom stereocenters. The number of nitrogens with one attached hydrogen (secondary N) is 2. The van der Waals surface area contributed by atoms with Crippen molar-refractivity contribution in [3.05, 3.63) is 11.9 Å². The number of aromatic amines is 1. The first-order chi connectivity index (χ1) is 12.0. The Kier molecular flexibility index (Phi) is 3.77. The molecule has 1 saturated carbocycles. The van der Waals surface area contributed by atoms with Gasteiger partial charge >= 0.3 is 6.03 Å². The second kappa shape index (κ2) is 5.86. The summed E-state index contributed by atoms with van der Waals surface area (Å²) in [4.78, 5) is 40.9. The lowest BCUT2D eigenvalue weighted by Crippen LogP contribution is -2.54. The van der Waals surface area contributed by atoms with Gasteiger partial charge in [-0.05, 0) is 31.6 Å². The number of amides is 4. The van der Waals surface area contributed by atoms with E-state index < -0.39 is 11.6 Å². The van der Waals surface area contributed by atoms with Crippen LogP contribution < -0.4 is 10.2 Å². The van der Waals surface area contributed by atoms with Crippen LogP contribution in [0.4, 0.5) is 10.5 Å². The van der Waals surface area contributed by atoms with Gasteiger partial charge in [0.2, 0.25) is 5.91 Å². The smallest absolute Gasteiger partial charge is 0.323 e. The van der Waals surface area contributed by atoms with E-state index in [1.165, 1.54) is 0 Å². The Morgan fingerprint density at radius 3 is 3.00 bits per heavy atom. The van der Waals surface area contributed by atoms with Gasteiger partial charge in [0.15, 0.2) is 0 Å². The average molecular weight is 345 g/mol. The fraction of sp³-hybridized carbons (Fsp3) is 0.647. The maximum Gasteiger partial charge on any atom is 0.325 e. The summed E-state index contributed by atoms with van der Waals surface area (Å²) in [6, 6.07) is -0.448. The van der Waals surface area contributed by atoms with Gasteiger partial charge < -0.3 is 10.2 Å². The third-order valence-electron chi connectivity index (χ3n) is 5.89. The van der Waals surface area contributed by atoms with Gasteiger partial charge in [0.1, 0.15) is 12.1 Å². The molecule has 3 aliphatic rings. The van der Waals surface area contributed by atoms with Crippen molar-refractivity contribution in [2.75, 3.05) is 18.0 Å². The van der Waals surface area contributed by atoms with Crippen LogP contribution in [0.1, 0.15) is 44.7 Å². The molecule has 4 amide bonds. The minimum Gasteiger partial charge on any atom is -0.323 e. The Labute approximate surface area is 145 Å². The number of fused-ring (bicyclic) bond motifs is 1. The molecule has 8 heteroatoms. The highest BCUT2D eigenvalue weighted by Crippen LogP contribution is 2.38. The lowest BCUT2D eigenvalue weighted by Gasteiger charge is -2.37. The topological polar surface area (TPSA) is 98.4 Å². The summed E-state index contributed by atoms with van der Waals surface area (Å²) in [6.07, 6.45) is 6.87. The first-order valence-electron chi connectivity index (χ1n) is 8.99. The molecule has 4 rings (SSSR count). The van der Waals surface area contributed by atoms with E-state index in [1.54, 1.807) is 11.1 Å². The summed E-state index contributed by atoms with van der Waals surface area (Å²) < 4.78 is 0. The zero-order valence-electron chi connectivity index (χ0n) is 14.4. The largest absolute Gasteiger partial charge is 0.325 e. The molecular formula is C17H23N5O3. The third-order valence-corrected chi connectivity index (χ3v) is 5.89. The minimum atomic E-state index is -0.821. The molecule has 1 aromatic rings. The number of rotatable bonds is 2. The van der Waals surface area contributed by atoms with Crippen molar-refractivity contribution < 1.29 is 14.4 Å². The summed E-state index contributed by atoms with van der Waals surface area (Å²) in [5.74, 6) is -0.401. The van der Waals surface area contributed by atoms with Crippen LogP contribution in [0.3, 0.4) is 0 Å². The number of urea groups is 1. The Morgan fingerprint density at radius 1 is 1.36 bits per heavy atom. The third kappa shape index (κ3) is 2.42. The van der Waals surface area contributed by atoms with Crippen LogP contribution in [0, 0.1) is 5.92 Å². The normalized spacial score (nSPS) is 29.1. The van der Waals surface area contributed by atoms with Gasteiger partial charge in [-0.2, -0.15) is 5.10 Å². The van der Waals surface area contributed by atoms with Crippen molar-refractivity contribution in [3.8, 4) is 0 Å². The predicted molar refractivity (Wildman–Crippen MR) is 89.9 cm³/mol. The number of carbonyl (C=O) groups excluding carboxylic acids is 3. The Hall–Kier alpha value is -2.38. The first kappa shape index (κ1) is 16.1. The Morgan fingerprint density at radius 2 is 2.20 bits per heavy atom. The molecule has 2 fully saturated rings. The molecule has 1 aliphatic carbocycles. The van der Waals surface area contributed by atoms with Gasteiger partial charge in [-0.15, -0.1) is 0 Å². The molecule has 2 atom stereocenters. The lowest BCUT2D eigenvalue weighted by molar-refractivity contribution is -0.136. The molecule has 25 heavy (non-hydrogen) atoms. The monoisotopic (exact) mass is 345 g/mol. The molecule has 0 radical (unpaired) electrons. The van der Waals surface area contributed by atoms with E-state index in [0.29, 0.717) is 13.0 Å². The van der Waals surface area contributed by atoms with Crippen molar-refractivity contribution >= 4 is 23.5 Å².